The zero-order chi connectivity index (χ0) is 15.3. The first-order chi connectivity index (χ1) is 9.40. The molecule has 1 aromatic heterocycles. The maximum Gasteiger partial charge on any atom is 0.354 e. The van der Waals surface area contributed by atoms with Crippen molar-refractivity contribution in [2.24, 2.45) is 7.05 Å². The molecule has 0 saturated heterocycles. The molecular weight excluding hydrogens is 258 g/mol. The van der Waals surface area contributed by atoms with Crippen LogP contribution in [0.5, 0.6) is 0 Å². The smallest absolute Gasteiger partial charge is 0.354 e. The molecule has 1 amide bonds. The Labute approximate surface area is 117 Å². The van der Waals surface area contributed by atoms with Gasteiger partial charge in [0.15, 0.2) is 0 Å². The van der Waals surface area contributed by atoms with Gasteiger partial charge in [0.2, 0.25) is 0 Å². The number of ether oxygens (including phenoxy) is 1. The molecule has 20 heavy (non-hydrogen) atoms. The van der Waals surface area contributed by atoms with Crippen molar-refractivity contribution in [3.63, 3.8) is 0 Å². The van der Waals surface area contributed by atoms with E-state index in [9.17, 15) is 9.59 Å². The van der Waals surface area contributed by atoms with Crippen LogP contribution in [0.15, 0.2) is 17.7 Å². The Morgan fingerprint density at radius 2 is 2.10 bits per heavy atom. The molecule has 0 aliphatic heterocycles. The van der Waals surface area contributed by atoms with Crippen LogP contribution in [0, 0.1) is 11.3 Å². The van der Waals surface area contributed by atoms with E-state index in [2.05, 4.69) is 10.1 Å². The Morgan fingerprint density at radius 3 is 2.60 bits per heavy atom. The van der Waals surface area contributed by atoms with Crippen LogP contribution in [0.4, 0.5) is 0 Å². The number of nitrogens with one attached hydrogen (secondary N) is 1. The summed E-state index contributed by atoms with van der Waals surface area (Å²) >= 11 is 0. The monoisotopic (exact) mass is 275 g/mol. The minimum atomic E-state index is -0.475. The second-order valence-electron chi connectivity index (χ2n) is 4.49. The van der Waals surface area contributed by atoms with Crippen molar-refractivity contribution in [2.45, 2.75) is 19.9 Å². The number of nitrogens with zero attached hydrogens (tertiary/aromatic N) is 2. The van der Waals surface area contributed by atoms with Gasteiger partial charge in [-0.05, 0) is 32.1 Å². The molecule has 1 heterocycles. The molecule has 0 atom stereocenters. The lowest BCUT2D eigenvalue weighted by Crippen LogP contribution is -2.31. The van der Waals surface area contributed by atoms with Crippen LogP contribution in [0.25, 0.3) is 6.08 Å². The van der Waals surface area contributed by atoms with Gasteiger partial charge in [-0.3, -0.25) is 4.79 Å². The van der Waals surface area contributed by atoms with Gasteiger partial charge in [0.25, 0.3) is 5.91 Å². The third-order valence-corrected chi connectivity index (χ3v) is 2.63. The maximum atomic E-state index is 11.8. The molecule has 6 heteroatoms. The molecule has 0 fully saturated rings. The first kappa shape index (κ1) is 15.5. The Balaban J connectivity index is 3.09. The minimum Gasteiger partial charge on any atom is -0.464 e. The van der Waals surface area contributed by atoms with Gasteiger partial charge in [0, 0.05) is 18.8 Å². The van der Waals surface area contributed by atoms with E-state index in [0.29, 0.717) is 11.4 Å². The van der Waals surface area contributed by atoms with Gasteiger partial charge in [-0.15, -0.1) is 0 Å². The molecule has 1 aromatic rings. The Hall–Kier alpha value is -2.55. The van der Waals surface area contributed by atoms with Crippen LogP contribution in [0.2, 0.25) is 0 Å². The molecule has 0 bridgehead atoms. The van der Waals surface area contributed by atoms with Crippen molar-refractivity contribution in [2.75, 3.05) is 7.11 Å². The normalized spacial score (nSPS) is 11.1. The number of esters is 1. The van der Waals surface area contributed by atoms with E-state index in [-0.39, 0.29) is 11.6 Å². The van der Waals surface area contributed by atoms with Crippen LogP contribution < -0.4 is 5.32 Å². The third kappa shape index (κ3) is 3.48. The molecule has 0 aliphatic carbocycles. The second kappa shape index (κ2) is 6.57. The lowest BCUT2D eigenvalue weighted by Gasteiger charge is -2.07. The number of carbonyl (C=O) groups is 2. The predicted octanol–water partition coefficient (Wildman–Crippen LogP) is 1.24. The van der Waals surface area contributed by atoms with Crippen LogP contribution in [-0.4, -0.2) is 29.6 Å². The molecule has 0 unspecified atom stereocenters. The second-order valence-corrected chi connectivity index (χ2v) is 4.49. The number of amides is 1. The number of hydrogen-bond acceptors (Lipinski definition) is 4. The third-order valence-electron chi connectivity index (χ3n) is 2.63. The quantitative estimate of drug-likeness (QED) is 0.509. The molecule has 1 rings (SSSR count). The Bertz CT molecular complexity index is 591. The number of carbonyl (C=O) groups excluding carboxylic acids is 2. The summed E-state index contributed by atoms with van der Waals surface area (Å²) in [6, 6.07) is 5.02. The SMILES string of the molecule is COC(=O)c1ccc(/C=C(\C#N)C(=O)NC(C)C)n1C. The van der Waals surface area contributed by atoms with Crippen LogP contribution in [-0.2, 0) is 16.6 Å². The molecule has 0 saturated carbocycles. The van der Waals surface area contributed by atoms with Gasteiger partial charge in [0.05, 0.1) is 7.11 Å². The number of rotatable bonds is 4. The fourth-order valence-electron chi connectivity index (χ4n) is 1.62. The molecule has 1 N–H and O–H groups in total. The largest absolute Gasteiger partial charge is 0.464 e. The number of aromatic nitrogens is 1. The average molecular weight is 275 g/mol. The Morgan fingerprint density at radius 1 is 1.45 bits per heavy atom. The van der Waals surface area contributed by atoms with Crippen molar-refractivity contribution in [3.8, 4) is 6.07 Å². The predicted molar refractivity (Wildman–Crippen MR) is 73.6 cm³/mol. The summed E-state index contributed by atoms with van der Waals surface area (Å²) in [5, 5.41) is 11.7. The van der Waals surface area contributed by atoms with Gasteiger partial charge >= 0.3 is 5.97 Å². The molecule has 0 aliphatic rings. The minimum absolute atomic E-state index is 0.0173. The number of methoxy groups -OCH3 is 1. The van der Waals surface area contributed by atoms with Gasteiger partial charge in [-0.25, -0.2) is 4.79 Å². The summed E-state index contributed by atoms with van der Waals surface area (Å²) in [4.78, 5) is 23.3. The van der Waals surface area contributed by atoms with E-state index in [1.807, 2.05) is 19.9 Å². The van der Waals surface area contributed by atoms with E-state index in [0.717, 1.165) is 0 Å². The topological polar surface area (TPSA) is 84.1 Å². The lowest BCUT2D eigenvalue weighted by atomic mass is 10.2. The van der Waals surface area contributed by atoms with Crippen molar-refractivity contribution in [1.29, 1.82) is 5.26 Å². The van der Waals surface area contributed by atoms with E-state index in [1.54, 1.807) is 23.7 Å². The highest BCUT2D eigenvalue weighted by Crippen LogP contribution is 2.12. The lowest BCUT2D eigenvalue weighted by molar-refractivity contribution is -0.117. The van der Waals surface area contributed by atoms with E-state index in [4.69, 9.17) is 5.26 Å². The van der Waals surface area contributed by atoms with Crippen molar-refractivity contribution in [3.05, 3.63) is 29.1 Å². The maximum absolute atomic E-state index is 11.8. The average Bonchev–Trinajstić information content (AvgIpc) is 2.75. The highest BCUT2D eigenvalue weighted by molar-refractivity contribution is 6.01. The molecule has 0 spiro atoms. The van der Waals surface area contributed by atoms with Crippen molar-refractivity contribution < 1.29 is 14.3 Å². The van der Waals surface area contributed by atoms with Gasteiger partial charge in [0.1, 0.15) is 17.3 Å². The summed E-state index contributed by atoms with van der Waals surface area (Å²) in [5.74, 6) is -0.916. The number of nitriles is 1. The van der Waals surface area contributed by atoms with E-state index >= 15 is 0 Å². The molecule has 6 nitrogen and oxygen atoms in total. The van der Waals surface area contributed by atoms with Crippen molar-refractivity contribution >= 4 is 18.0 Å². The first-order valence-corrected chi connectivity index (χ1v) is 6.07. The molecular formula is C14H17N3O3. The standard InChI is InChI=1S/C14H17N3O3/c1-9(2)16-13(18)10(8-15)7-11-5-6-12(17(11)3)14(19)20-4/h5-7,9H,1-4H3,(H,16,18)/b10-7+. The van der Waals surface area contributed by atoms with E-state index in [1.165, 1.54) is 13.2 Å². The summed E-state index contributed by atoms with van der Waals surface area (Å²) in [5.41, 5.74) is 0.900. The summed E-state index contributed by atoms with van der Waals surface area (Å²) in [6.45, 7) is 3.62. The first-order valence-electron chi connectivity index (χ1n) is 6.07. The van der Waals surface area contributed by atoms with Crippen molar-refractivity contribution in [1.82, 2.24) is 9.88 Å². The molecule has 0 aromatic carbocycles. The van der Waals surface area contributed by atoms with Crippen LogP contribution >= 0.6 is 0 Å². The summed E-state index contributed by atoms with van der Waals surface area (Å²) in [6.07, 6.45) is 1.43. The highest BCUT2D eigenvalue weighted by atomic mass is 16.5. The summed E-state index contributed by atoms with van der Waals surface area (Å²) < 4.78 is 6.20. The zero-order valence-corrected chi connectivity index (χ0v) is 11.9. The number of hydrogen-bond donors (Lipinski definition) is 1. The Kier molecular flexibility index (Phi) is 5.09. The summed E-state index contributed by atoms with van der Waals surface area (Å²) in [7, 11) is 2.95. The van der Waals surface area contributed by atoms with Gasteiger partial charge in [-0.1, -0.05) is 0 Å². The van der Waals surface area contributed by atoms with Crippen LogP contribution in [0.1, 0.15) is 30.0 Å². The molecule has 0 radical (unpaired) electrons. The fraction of sp³-hybridized carbons (Fsp3) is 0.357. The fourth-order valence-corrected chi connectivity index (χ4v) is 1.62. The highest BCUT2D eigenvalue weighted by Gasteiger charge is 2.14. The molecule has 106 valence electrons. The van der Waals surface area contributed by atoms with E-state index < -0.39 is 11.9 Å². The van der Waals surface area contributed by atoms with Crippen LogP contribution in [0.3, 0.4) is 0 Å². The van der Waals surface area contributed by atoms with Gasteiger partial charge in [-0.2, -0.15) is 5.26 Å². The van der Waals surface area contributed by atoms with Gasteiger partial charge < -0.3 is 14.6 Å². The zero-order valence-electron chi connectivity index (χ0n) is 11.9.